The Balaban J connectivity index is 1.65. The minimum atomic E-state index is -0.764. The average molecular weight is 510 g/mol. The van der Waals surface area contributed by atoms with Gasteiger partial charge in [-0.3, -0.25) is 9.59 Å². The maximum Gasteiger partial charge on any atom is 0.254 e. The number of nitrogens with two attached hydrogens (primary N) is 1. The summed E-state index contributed by atoms with van der Waals surface area (Å²) in [6.07, 6.45) is 0.856. The second-order valence-electron chi connectivity index (χ2n) is 9.70. The predicted molar refractivity (Wildman–Crippen MR) is 152 cm³/mol. The number of benzene rings is 4. The molecule has 4 rings (SSSR count). The van der Waals surface area contributed by atoms with E-state index in [1.54, 1.807) is 37.2 Å². The van der Waals surface area contributed by atoms with Crippen molar-refractivity contribution in [3.8, 4) is 0 Å². The summed E-state index contributed by atoms with van der Waals surface area (Å²) in [6.45, 7) is 0.140. The molecule has 196 valence electrons. The number of likely N-dealkylation sites (N-methyl/N-ethyl adjacent to an activating group) is 2. The summed E-state index contributed by atoms with van der Waals surface area (Å²) in [5.74, 6) is -0.476. The molecular weight excluding hydrogens is 474 g/mol. The molecular formula is C32H35N3O3. The Morgan fingerprint density at radius 2 is 1.42 bits per heavy atom. The molecule has 0 spiro atoms. The molecule has 0 radical (unpaired) electrons. The van der Waals surface area contributed by atoms with Crippen LogP contribution in [0.15, 0.2) is 97.1 Å². The fourth-order valence-electron chi connectivity index (χ4n) is 4.78. The van der Waals surface area contributed by atoms with Crippen molar-refractivity contribution < 1.29 is 14.7 Å². The van der Waals surface area contributed by atoms with E-state index in [-0.39, 0.29) is 18.4 Å². The molecule has 6 heteroatoms. The number of aliphatic hydroxyl groups excluding tert-OH is 1. The van der Waals surface area contributed by atoms with Gasteiger partial charge in [0.15, 0.2) is 0 Å². The largest absolute Gasteiger partial charge is 0.394 e. The predicted octanol–water partition coefficient (Wildman–Crippen LogP) is 4.04. The molecule has 38 heavy (non-hydrogen) atoms. The SMILES string of the molecule is CN(C(=O)[C@@H](Cc1ccc2ccccc2c1)N(C)C(=O)c1cccc(CN)c1)[C@@H](CO)Cc1ccccc1. The lowest BCUT2D eigenvalue weighted by atomic mass is 9.98. The van der Waals surface area contributed by atoms with Crippen molar-refractivity contribution in [2.24, 2.45) is 5.73 Å². The third-order valence-electron chi connectivity index (χ3n) is 7.15. The number of nitrogens with zero attached hydrogens (tertiary/aromatic N) is 2. The Morgan fingerprint density at radius 3 is 2.13 bits per heavy atom. The van der Waals surface area contributed by atoms with Crippen LogP contribution in [0.4, 0.5) is 0 Å². The van der Waals surface area contributed by atoms with Crippen LogP contribution < -0.4 is 5.73 Å². The Bertz CT molecular complexity index is 1390. The summed E-state index contributed by atoms with van der Waals surface area (Å²) >= 11 is 0. The molecule has 0 heterocycles. The molecule has 2 amide bonds. The lowest BCUT2D eigenvalue weighted by Crippen LogP contribution is -2.53. The fourth-order valence-corrected chi connectivity index (χ4v) is 4.78. The van der Waals surface area contributed by atoms with Gasteiger partial charge in [0.05, 0.1) is 12.6 Å². The van der Waals surface area contributed by atoms with Crippen molar-refractivity contribution in [3.05, 3.63) is 119 Å². The maximum atomic E-state index is 14.0. The molecule has 0 saturated heterocycles. The molecule has 0 aliphatic heterocycles. The van der Waals surface area contributed by atoms with Crippen LogP contribution >= 0.6 is 0 Å². The van der Waals surface area contributed by atoms with Crippen LogP contribution in [-0.4, -0.2) is 59.5 Å². The smallest absolute Gasteiger partial charge is 0.254 e. The number of fused-ring (bicyclic) bond motifs is 1. The van der Waals surface area contributed by atoms with Crippen LogP contribution in [-0.2, 0) is 24.2 Å². The summed E-state index contributed by atoms with van der Waals surface area (Å²) in [5, 5.41) is 12.4. The van der Waals surface area contributed by atoms with E-state index in [2.05, 4.69) is 6.07 Å². The Kier molecular flexibility index (Phi) is 8.89. The number of carbonyl (C=O) groups is 2. The molecule has 0 aromatic heterocycles. The monoisotopic (exact) mass is 509 g/mol. The quantitative estimate of drug-likeness (QED) is 0.338. The van der Waals surface area contributed by atoms with E-state index in [1.165, 1.54) is 4.90 Å². The van der Waals surface area contributed by atoms with Crippen LogP contribution in [0.25, 0.3) is 10.8 Å². The average Bonchev–Trinajstić information content (AvgIpc) is 2.97. The van der Waals surface area contributed by atoms with E-state index < -0.39 is 12.1 Å². The summed E-state index contributed by atoms with van der Waals surface area (Å²) in [5.41, 5.74) is 9.11. The second-order valence-corrected chi connectivity index (χ2v) is 9.70. The number of amides is 2. The van der Waals surface area contributed by atoms with Crippen molar-refractivity contribution in [2.45, 2.75) is 31.5 Å². The molecule has 0 unspecified atom stereocenters. The van der Waals surface area contributed by atoms with Crippen molar-refractivity contribution >= 4 is 22.6 Å². The van der Waals surface area contributed by atoms with E-state index in [0.29, 0.717) is 24.9 Å². The zero-order valence-electron chi connectivity index (χ0n) is 22.0. The van der Waals surface area contributed by atoms with Gasteiger partial charge in [-0.1, -0.05) is 84.9 Å². The normalized spacial score (nSPS) is 12.6. The number of hydrogen-bond donors (Lipinski definition) is 2. The van der Waals surface area contributed by atoms with Gasteiger partial charge in [-0.05, 0) is 46.0 Å². The molecule has 0 aliphatic rings. The van der Waals surface area contributed by atoms with Crippen LogP contribution in [0.1, 0.15) is 27.0 Å². The second kappa shape index (κ2) is 12.5. The highest BCUT2D eigenvalue weighted by Gasteiger charge is 2.33. The van der Waals surface area contributed by atoms with Gasteiger partial charge >= 0.3 is 0 Å². The van der Waals surface area contributed by atoms with Gasteiger partial charge in [0.2, 0.25) is 5.91 Å². The highest BCUT2D eigenvalue weighted by atomic mass is 16.3. The molecule has 4 aromatic carbocycles. The first-order chi connectivity index (χ1) is 18.4. The van der Waals surface area contributed by atoms with E-state index >= 15 is 0 Å². The first kappa shape index (κ1) is 27.0. The molecule has 0 saturated carbocycles. The number of carbonyl (C=O) groups excluding carboxylic acids is 2. The number of aliphatic hydroxyl groups is 1. The van der Waals surface area contributed by atoms with Crippen LogP contribution in [0.5, 0.6) is 0 Å². The van der Waals surface area contributed by atoms with Gasteiger partial charge < -0.3 is 20.6 Å². The molecule has 3 N–H and O–H groups in total. The van der Waals surface area contributed by atoms with E-state index in [9.17, 15) is 14.7 Å². The summed E-state index contributed by atoms with van der Waals surface area (Å²) in [6, 6.07) is 29.9. The van der Waals surface area contributed by atoms with Crippen molar-refractivity contribution in [2.75, 3.05) is 20.7 Å². The minimum absolute atomic E-state index is 0.184. The van der Waals surface area contributed by atoms with Gasteiger partial charge in [-0.2, -0.15) is 0 Å². The Morgan fingerprint density at radius 1 is 0.737 bits per heavy atom. The van der Waals surface area contributed by atoms with E-state index in [1.807, 2.05) is 72.8 Å². The highest BCUT2D eigenvalue weighted by molar-refractivity contribution is 5.97. The third kappa shape index (κ3) is 6.28. The molecule has 0 bridgehead atoms. The molecule has 6 nitrogen and oxygen atoms in total. The zero-order valence-corrected chi connectivity index (χ0v) is 22.0. The van der Waals surface area contributed by atoms with Gasteiger partial charge in [0.25, 0.3) is 5.91 Å². The van der Waals surface area contributed by atoms with Gasteiger partial charge in [0, 0.05) is 32.6 Å². The fraction of sp³-hybridized carbons (Fsp3) is 0.250. The van der Waals surface area contributed by atoms with E-state index in [0.717, 1.165) is 27.5 Å². The van der Waals surface area contributed by atoms with Gasteiger partial charge in [-0.25, -0.2) is 0 Å². The summed E-state index contributed by atoms with van der Waals surface area (Å²) in [7, 11) is 3.37. The first-order valence-corrected chi connectivity index (χ1v) is 12.9. The van der Waals surface area contributed by atoms with Crippen LogP contribution in [0.2, 0.25) is 0 Å². The first-order valence-electron chi connectivity index (χ1n) is 12.9. The van der Waals surface area contributed by atoms with Gasteiger partial charge in [0.1, 0.15) is 6.04 Å². The number of rotatable bonds is 10. The molecule has 0 fully saturated rings. The number of hydrogen-bond acceptors (Lipinski definition) is 4. The summed E-state index contributed by atoms with van der Waals surface area (Å²) < 4.78 is 0. The topological polar surface area (TPSA) is 86.9 Å². The molecule has 0 aliphatic carbocycles. The van der Waals surface area contributed by atoms with Crippen LogP contribution in [0, 0.1) is 0 Å². The lowest BCUT2D eigenvalue weighted by Gasteiger charge is -2.34. The maximum absolute atomic E-state index is 14.0. The lowest BCUT2D eigenvalue weighted by molar-refractivity contribution is -0.137. The van der Waals surface area contributed by atoms with Crippen LogP contribution in [0.3, 0.4) is 0 Å². The van der Waals surface area contributed by atoms with E-state index in [4.69, 9.17) is 5.73 Å². The Hall–Kier alpha value is -4.00. The van der Waals surface area contributed by atoms with Gasteiger partial charge in [-0.15, -0.1) is 0 Å². The highest BCUT2D eigenvalue weighted by Crippen LogP contribution is 2.21. The zero-order chi connectivity index (χ0) is 27.1. The third-order valence-corrected chi connectivity index (χ3v) is 7.15. The van der Waals surface area contributed by atoms with Crippen molar-refractivity contribution in [1.29, 1.82) is 0 Å². The summed E-state index contributed by atoms with van der Waals surface area (Å²) in [4.78, 5) is 30.7. The standard InChI is InChI=1S/C32H35N3O3/c1-34(29(22-36)19-23-9-4-3-5-10-23)32(38)30(20-24-15-16-26-12-6-7-13-27(26)17-24)35(2)31(37)28-14-8-11-25(18-28)21-33/h3-18,29-30,36H,19-22,33H2,1-2H3/t29-,30-/m1/s1. The molecule has 4 aromatic rings. The Labute approximate surface area is 224 Å². The van der Waals surface area contributed by atoms with Crippen molar-refractivity contribution in [1.82, 2.24) is 9.80 Å². The molecule has 2 atom stereocenters. The minimum Gasteiger partial charge on any atom is -0.394 e. The van der Waals surface area contributed by atoms with Crippen molar-refractivity contribution in [3.63, 3.8) is 0 Å².